The average molecular weight is 372 g/mol. The second kappa shape index (κ2) is 9.59. The Morgan fingerprint density at radius 3 is 2.11 bits per heavy atom. The Kier molecular flexibility index (Phi) is 7.17. The van der Waals surface area contributed by atoms with Crippen molar-refractivity contribution >= 4 is 11.6 Å². The van der Waals surface area contributed by atoms with E-state index in [1.54, 1.807) is 0 Å². The minimum absolute atomic E-state index is 0.250. The first-order valence-electron chi connectivity index (χ1n) is 11.0. The number of carbonyl (C=O) groups excluding carboxylic acids is 1. The fourth-order valence-electron chi connectivity index (χ4n) is 4.48. The minimum Gasteiger partial charge on any atom is -0.372 e. The topological polar surface area (TPSA) is 26.8 Å². The van der Waals surface area contributed by atoms with E-state index in [9.17, 15) is 4.79 Å². The Labute approximate surface area is 165 Å². The molecule has 0 aliphatic carbocycles. The quantitative estimate of drug-likeness (QED) is 0.756. The van der Waals surface area contributed by atoms with Crippen molar-refractivity contribution in [2.75, 3.05) is 44.2 Å². The molecule has 150 valence electrons. The van der Waals surface area contributed by atoms with Crippen molar-refractivity contribution in [3.8, 4) is 0 Å². The number of rotatable bonds is 6. The standard InChI is InChI=1S/C23H37N3O/c1-4-25(5-2)22-8-6-20(7-9-22)18-24-14-12-21(13-15-24)23(27)26-16-10-19(3)11-17-26/h6-9,19,21H,4-5,10-18H2,1-3H3. The van der Waals surface area contributed by atoms with Gasteiger partial charge in [0, 0.05) is 44.3 Å². The smallest absolute Gasteiger partial charge is 0.225 e. The summed E-state index contributed by atoms with van der Waals surface area (Å²) in [6, 6.07) is 9.02. The van der Waals surface area contributed by atoms with E-state index in [4.69, 9.17) is 0 Å². The number of carbonyl (C=O) groups is 1. The summed E-state index contributed by atoms with van der Waals surface area (Å²) in [6.45, 7) is 13.8. The van der Waals surface area contributed by atoms with Crippen LogP contribution in [0.2, 0.25) is 0 Å². The first kappa shape index (κ1) is 20.2. The number of amides is 1. The highest BCUT2D eigenvalue weighted by molar-refractivity contribution is 5.79. The van der Waals surface area contributed by atoms with Crippen molar-refractivity contribution in [2.45, 2.75) is 53.0 Å². The van der Waals surface area contributed by atoms with Gasteiger partial charge in [0.25, 0.3) is 0 Å². The van der Waals surface area contributed by atoms with Crippen molar-refractivity contribution in [3.05, 3.63) is 29.8 Å². The van der Waals surface area contributed by atoms with Crippen LogP contribution in [0.3, 0.4) is 0 Å². The largest absolute Gasteiger partial charge is 0.372 e. The van der Waals surface area contributed by atoms with E-state index in [0.717, 1.165) is 64.6 Å². The van der Waals surface area contributed by atoms with Crippen LogP contribution in [-0.2, 0) is 11.3 Å². The zero-order valence-electron chi connectivity index (χ0n) is 17.5. The Morgan fingerprint density at radius 1 is 0.963 bits per heavy atom. The third kappa shape index (κ3) is 5.25. The molecule has 2 aliphatic heterocycles. The molecule has 2 aliphatic rings. The lowest BCUT2D eigenvalue weighted by molar-refractivity contribution is -0.138. The highest BCUT2D eigenvalue weighted by atomic mass is 16.2. The van der Waals surface area contributed by atoms with Crippen molar-refractivity contribution in [1.82, 2.24) is 9.80 Å². The van der Waals surface area contributed by atoms with E-state index < -0.39 is 0 Å². The van der Waals surface area contributed by atoms with Crippen LogP contribution in [0.4, 0.5) is 5.69 Å². The van der Waals surface area contributed by atoms with Gasteiger partial charge in [0.05, 0.1) is 0 Å². The number of benzene rings is 1. The lowest BCUT2D eigenvalue weighted by Gasteiger charge is -2.36. The number of likely N-dealkylation sites (tertiary alicyclic amines) is 2. The van der Waals surface area contributed by atoms with Crippen LogP contribution in [0.1, 0.15) is 52.0 Å². The SMILES string of the molecule is CCN(CC)c1ccc(CN2CCC(C(=O)N3CCC(C)CC3)CC2)cc1. The van der Waals surface area contributed by atoms with Crippen LogP contribution in [0.15, 0.2) is 24.3 Å². The van der Waals surface area contributed by atoms with Crippen LogP contribution in [0, 0.1) is 11.8 Å². The summed E-state index contributed by atoms with van der Waals surface area (Å²) in [5.74, 6) is 1.45. The molecule has 0 saturated carbocycles. The van der Waals surface area contributed by atoms with Crippen LogP contribution in [0.25, 0.3) is 0 Å². The summed E-state index contributed by atoms with van der Waals surface area (Å²) in [4.78, 5) is 19.8. The summed E-state index contributed by atoms with van der Waals surface area (Å²) in [6.07, 6.45) is 4.38. The highest BCUT2D eigenvalue weighted by Gasteiger charge is 2.30. The molecule has 2 saturated heterocycles. The van der Waals surface area contributed by atoms with Crippen LogP contribution >= 0.6 is 0 Å². The van der Waals surface area contributed by atoms with Gasteiger partial charge in [-0.15, -0.1) is 0 Å². The maximum atomic E-state index is 12.8. The van der Waals surface area contributed by atoms with Gasteiger partial charge in [-0.3, -0.25) is 9.69 Å². The number of hydrogen-bond donors (Lipinski definition) is 0. The van der Waals surface area contributed by atoms with Gasteiger partial charge in [-0.2, -0.15) is 0 Å². The first-order chi connectivity index (χ1) is 13.1. The zero-order chi connectivity index (χ0) is 19.2. The number of anilines is 1. The first-order valence-corrected chi connectivity index (χ1v) is 11.0. The number of hydrogen-bond acceptors (Lipinski definition) is 3. The van der Waals surface area contributed by atoms with E-state index in [0.29, 0.717) is 5.91 Å². The third-order valence-corrected chi connectivity index (χ3v) is 6.50. The zero-order valence-corrected chi connectivity index (χ0v) is 17.5. The van der Waals surface area contributed by atoms with Gasteiger partial charge < -0.3 is 9.80 Å². The van der Waals surface area contributed by atoms with Crippen LogP contribution in [0.5, 0.6) is 0 Å². The Morgan fingerprint density at radius 2 is 1.56 bits per heavy atom. The number of nitrogens with zero attached hydrogens (tertiary/aromatic N) is 3. The van der Waals surface area contributed by atoms with Gasteiger partial charge in [0.15, 0.2) is 0 Å². The van der Waals surface area contributed by atoms with Crippen molar-refractivity contribution in [3.63, 3.8) is 0 Å². The molecule has 0 spiro atoms. The predicted molar refractivity (Wildman–Crippen MR) is 113 cm³/mol. The number of piperidine rings is 2. The molecule has 1 aromatic carbocycles. The molecule has 0 bridgehead atoms. The minimum atomic E-state index is 0.250. The lowest BCUT2D eigenvalue weighted by atomic mass is 9.92. The second-order valence-corrected chi connectivity index (χ2v) is 8.40. The molecular weight excluding hydrogens is 334 g/mol. The Balaban J connectivity index is 1.46. The van der Waals surface area contributed by atoms with E-state index in [-0.39, 0.29) is 5.92 Å². The van der Waals surface area contributed by atoms with Crippen molar-refractivity contribution < 1.29 is 4.79 Å². The molecule has 4 heteroatoms. The molecule has 0 N–H and O–H groups in total. The Hall–Kier alpha value is -1.55. The monoisotopic (exact) mass is 371 g/mol. The summed E-state index contributed by atoms with van der Waals surface area (Å²) < 4.78 is 0. The summed E-state index contributed by atoms with van der Waals surface area (Å²) >= 11 is 0. The molecule has 0 radical (unpaired) electrons. The molecule has 1 amide bonds. The van der Waals surface area contributed by atoms with E-state index >= 15 is 0 Å². The fourth-order valence-corrected chi connectivity index (χ4v) is 4.48. The van der Waals surface area contributed by atoms with Gasteiger partial charge in [-0.25, -0.2) is 0 Å². The highest BCUT2D eigenvalue weighted by Crippen LogP contribution is 2.25. The van der Waals surface area contributed by atoms with Gasteiger partial charge in [0.1, 0.15) is 0 Å². The molecule has 0 unspecified atom stereocenters. The molecule has 4 nitrogen and oxygen atoms in total. The average Bonchev–Trinajstić information content (AvgIpc) is 2.71. The Bertz CT molecular complexity index is 580. The molecule has 2 fully saturated rings. The van der Waals surface area contributed by atoms with Gasteiger partial charge in [-0.1, -0.05) is 19.1 Å². The fraction of sp³-hybridized carbons (Fsp3) is 0.696. The van der Waals surface area contributed by atoms with Crippen molar-refractivity contribution in [1.29, 1.82) is 0 Å². The molecule has 2 heterocycles. The van der Waals surface area contributed by atoms with Crippen LogP contribution < -0.4 is 4.90 Å². The summed E-state index contributed by atoms with van der Waals surface area (Å²) in [7, 11) is 0. The maximum Gasteiger partial charge on any atom is 0.225 e. The maximum absolute atomic E-state index is 12.8. The summed E-state index contributed by atoms with van der Waals surface area (Å²) in [5.41, 5.74) is 2.68. The summed E-state index contributed by atoms with van der Waals surface area (Å²) in [5, 5.41) is 0. The predicted octanol–water partition coefficient (Wildman–Crippen LogP) is 4.00. The molecule has 1 aromatic rings. The normalized spacial score (nSPS) is 20.0. The molecule has 0 atom stereocenters. The molecule has 27 heavy (non-hydrogen) atoms. The van der Waals surface area contributed by atoms with Gasteiger partial charge in [0.2, 0.25) is 5.91 Å². The van der Waals surface area contributed by atoms with E-state index in [1.165, 1.54) is 24.1 Å². The van der Waals surface area contributed by atoms with Gasteiger partial charge >= 0.3 is 0 Å². The van der Waals surface area contributed by atoms with E-state index in [2.05, 4.69) is 59.7 Å². The van der Waals surface area contributed by atoms with Gasteiger partial charge in [-0.05, 0) is 76.2 Å². The third-order valence-electron chi connectivity index (χ3n) is 6.50. The lowest BCUT2D eigenvalue weighted by Crippen LogP contribution is -2.45. The molecule has 3 rings (SSSR count). The molecule has 0 aromatic heterocycles. The second-order valence-electron chi connectivity index (χ2n) is 8.40. The van der Waals surface area contributed by atoms with Crippen LogP contribution in [-0.4, -0.2) is 55.0 Å². The van der Waals surface area contributed by atoms with E-state index in [1.807, 2.05) is 0 Å². The van der Waals surface area contributed by atoms with Crippen molar-refractivity contribution in [2.24, 2.45) is 11.8 Å². The molecular formula is C23H37N3O.